The molecule has 0 aliphatic carbocycles. The predicted octanol–water partition coefficient (Wildman–Crippen LogP) is 3.05. The van der Waals surface area contributed by atoms with Crippen LogP contribution in [0.1, 0.15) is 43.8 Å². The zero-order chi connectivity index (χ0) is 15.7. The lowest BCUT2D eigenvalue weighted by atomic mass is 10.1. The van der Waals surface area contributed by atoms with Crippen molar-refractivity contribution in [1.29, 1.82) is 0 Å². The van der Waals surface area contributed by atoms with Crippen LogP contribution in [0.5, 0.6) is 0 Å². The van der Waals surface area contributed by atoms with Crippen LogP contribution in [0.2, 0.25) is 10.0 Å². The van der Waals surface area contributed by atoms with E-state index in [4.69, 9.17) is 28.9 Å². The number of hydrogen-bond donors (Lipinski definition) is 3. The van der Waals surface area contributed by atoms with E-state index in [9.17, 15) is 9.90 Å². The topological polar surface area (TPSA) is 75.4 Å². The van der Waals surface area contributed by atoms with E-state index in [1.54, 1.807) is 18.2 Å². The second-order valence-corrected chi connectivity index (χ2v) is 5.72. The fourth-order valence-electron chi connectivity index (χ4n) is 2.01. The minimum Gasteiger partial charge on any atom is -0.386 e. The van der Waals surface area contributed by atoms with Crippen molar-refractivity contribution < 1.29 is 9.90 Å². The fourth-order valence-corrected chi connectivity index (χ4v) is 2.66. The molecule has 4 nitrogen and oxygen atoms in total. The van der Waals surface area contributed by atoms with Gasteiger partial charge >= 0.3 is 0 Å². The van der Waals surface area contributed by atoms with Gasteiger partial charge in [0.1, 0.15) is 0 Å². The lowest BCUT2D eigenvalue weighted by Crippen LogP contribution is -2.28. The summed E-state index contributed by atoms with van der Waals surface area (Å²) in [5, 5.41) is 13.6. The first-order valence-electron chi connectivity index (χ1n) is 7.15. The average molecular weight is 333 g/mol. The van der Waals surface area contributed by atoms with E-state index in [2.05, 4.69) is 5.32 Å². The van der Waals surface area contributed by atoms with E-state index in [1.807, 2.05) is 0 Å². The minimum atomic E-state index is -0.910. The molecule has 0 heterocycles. The van der Waals surface area contributed by atoms with Gasteiger partial charge in [-0.2, -0.15) is 0 Å². The fraction of sp³-hybridized carbons (Fsp3) is 0.533. The summed E-state index contributed by atoms with van der Waals surface area (Å²) in [6, 6.07) is 5.03. The highest BCUT2D eigenvalue weighted by Crippen LogP contribution is 2.29. The molecule has 0 fully saturated rings. The molecule has 0 aliphatic heterocycles. The van der Waals surface area contributed by atoms with E-state index in [0.29, 0.717) is 28.6 Å². The second-order valence-electron chi connectivity index (χ2n) is 4.91. The molecular formula is C15H22Cl2N2O2. The average Bonchev–Trinajstić information content (AvgIpc) is 2.44. The summed E-state index contributed by atoms with van der Waals surface area (Å²) >= 11 is 12.0. The quantitative estimate of drug-likeness (QED) is 0.608. The Morgan fingerprint density at radius 1 is 1.19 bits per heavy atom. The van der Waals surface area contributed by atoms with Crippen molar-refractivity contribution in [2.75, 3.05) is 13.1 Å². The number of nitrogens with two attached hydrogens (primary N) is 1. The summed E-state index contributed by atoms with van der Waals surface area (Å²) in [6.07, 6.45) is 3.39. The Balaban J connectivity index is 2.32. The number of unbranched alkanes of at least 4 members (excludes halogenated alkanes) is 3. The Morgan fingerprint density at radius 2 is 1.81 bits per heavy atom. The van der Waals surface area contributed by atoms with Crippen LogP contribution in [0.25, 0.3) is 0 Å². The van der Waals surface area contributed by atoms with Gasteiger partial charge in [0.05, 0.1) is 6.10 Å². The summed E-state index contributed by atoms with van der Waals surface area (Å²) in [6.45, 7) is 0.794. The number of benzene rings is 1. The molecule has 0 aliphatic rings. The number of carbonyl (C=O) groups is 1. The molecule has 1 aromatic carbocycles. The van der Waals surface area contributed by atoms with Gasteiger partial charge in [-0.1, -0.05) is 42.1 Å². The van der Waals surface area contributed by atoms with E-state index in [-0.39, 0.29) is 12.5 Å². The highest BCUT2D eigenvalue weighted by molar-refractivity contribution is 6.36. The molecule has 0 saturated carbocycles. The number of hydrogen-bond acceptors (Lipinski definition) is 3. The molecule has 118 valence electrons. The molecule has 0 aromatic heterocycles. The first kappa shape index (κ1) is 18.2. The number of amides is 1. The Hall–Kier alpha value is -0.810. The Kier molecular flexibility index (Phi) is 8.69. The van der Waals surface area contributed by atoms with Gasteiger partial charge < -0.3 is 16.2 Å². The van der Waals surface area contributed by atoms with E-state index >= 15 is 0 Å². The van der Waals surface area contributed by atoms with Crippen LogP contribution < -0.4 is 11.1 Å². The molecule has 0 spiro atoms. The maximum atomic E-state index is 11.7. The zero-order valence-electron chi connectivity index (χ0n) is 11.9. The van der Waals surface area contributed by atoms with Crippen molar-refractivity contribution in [1.82, 2.24) is 5.32 Å². The van der Waals surface area contributed by atoms with Gasteiger partial charge in [0.15, 0.2) is 0 Å². The van der Waals surface area contributed by atoms with Gasteiger partial charge in [-0.15, -0.1) is 0 Å². The smallest absolute Gasteiger partial charge is 0.220 e. The highest BCUT2D eigenvalue weighted by Gasteiger charge is 2.16. The molecule has 4 N–H and O–H groups in total. The van der Waals surface area contributed by atoms with Crippen molar-refractivity contribution >= 4 is 29.1 Å². The van der Waals surface area contributed by atoms with E-state index in [1.165, 1.54) is 0 Å². The first-order chi connectivity index (χ1) is 10.1. The summed E-state index contributed by atoms with van der Waals surface area (Å²) < 4.78 is 0. The van der Waals surface area contributed by atoms with Crippen LogP contribution in [-0.4, -0.2) is 24.1 Å². The largest absolute Gasteiger partial charge is 0.386 e. The number of halogens is 2. The maximum absolute atomic E-state index is 11.7. The highest BCUT2D eigenvalue weighted by atomic mass is 35.5. The monoisotopic (exact) mass is 332 g/mol. The third-order valence-corrected chi connectivity index (χ3v) is 3.84. The van der Waals surface area contributed by atoms with Gasteiger partial charge in [0.2, 0.25) is 5.91 Å². The third-order valence-electron chi connectivity index (χ3n) is 3.18. The molecule has 1 amide bonds. The Bertz CT molecular complexity index is 435. The molecule has 0 radical (unpaired) electrons. The molecule has 6 heteroatoms. The van der Waals surface area contributed by atoms with Gasteiger partial charge in [0.25, 0.3) is 0 Å². The van der Waals surface area contributed by atoms with Crippen molar-refractivity contribution in [3.8, 4) is 0 Å². The summed E-state index contributed by atoms with van der Waals surface area (Å²) in [5.41, 5.74) is 5.85. The molecule has 1 rings (SSSR count). The van der Waals surface area contributed by atoms with Crippen LogP contribution in [0.3, 0.4) is 0 Å². The van der Waals surface area contributed by atoms with Crippen molar-refractivity contribution in [3.63, 3.8) is 0 Å². The third kappa shape index (κ3) is 6.66. The van der Waals surface area contributed by atoms with E-state index in [0.717, 1.165) is 25.7 Å². The van der Waals surface area contributed by atoms with Crippen LogP contribution >= 0.6 is 23.2 Å². The molecule has 1 unspecified atom stereocenters. The first-order valence-corrected chi connectivity index (χ1v) is 7.90. The van der Waals surface area contributed by atoms with Crippen LogP contribution in [0.15, 0.2) is 18.2 Å². The second kappa shape index (κ2) is 10.0. The zero-order valence-corrected chi connectivity index (χ0v) is 13.5. The SMILES string of the molecule is NCCCCCCC(=O)NCC(O)c1c(Cl)cccc1Cl. The molecule has 0 bridgehead atoms. The Morgan fingerprint density at radius 3 is 2.43 bits per heavy atom. The van der Waals surface area contributed by atoms with Crippen LogP contribution in [0.4, 0.5) is 0 Å². The molecule has 1 aromatic rings. The molecule has 0 saturated heterocycles. The van der Waals surface area contributed by atoms with Crippen LogP contribution in [0, 0.1) is 0 Å². The van der Waals surface area contributed by atoms with E-state index < -0.39 is 6.10 Å². The number of rotatable bonds is 9. The predicted molar refractivity (Wildman–Crippen MR) is 86.6 cm³/mol. The number of aliphatic hydroxyl groups excluding tert-OH is 1. The van der Waals surface area contributed by atoms with Gasteiger partial charge in [-0.05, 0) is 31.5 Å². The molecule has 1 atom stereocenters. The normalized spacial score (nSPS) is 12.2. The lowest BCUT2D eigenvalue weighted by molar-refractivity contribution is -0.121. The number of carbonyl (C=O) groups excluding carboxylic acids is 1. The van der Waals surface area contributed by atoms with Gasteiger partial charge in [-0.3, -0.25) is 4.79 Å². The number of aliphatic hydroxyl groups is 1. The minimum absolute atomic E-state index is 0.0787. The summed E-state index contributed by atoms with van der Waals surface area (Å²) in [4.78, 5) is 11.7. The van der Waals surface area contributed by atoms with Crippen molar-refractivity contribution in [3.05, 3.63) is 33.8 Å². The van der Waals surface area contributed by atoms with Crippen LogP contribution in [-0.2, 0) is 4.79 Å². The molecule has 21 heavy (non-hydrogen) atoms. The maximum Gasteiger partial charge on any atom is 0.220 e. The van der Waals surface area contributed by atoms with Crippen molar-refractivity contribution in [2.24, 2.45) is 5.73 Å². The van der Waals surface area contributed by atoms with Gasteiger partial charge in [-0.25, -0.2) is 0 Å². The lowest BCUT2D eigenvalue weighted by Gasteiger charge is -2.15. The summed E-state index contributed by atoms with van der Waals surface area (Å²) in [7, 11) is 0. The summed E-state index contributed by atoms with van der Waals surface area (Å²) in [5.74, 6) is -0.0787. The molecular weight excluding hydrogens is 311 g/mol. The standard InChI is InChI=1S/C15H22Cl2N2O2/c16-11-6-5-7-12(17)15(11)13(20)10-19-14(21)8-3-1-2-4-9-18/h5-7,13,20H,1-4,8-10,18H2,(H,19,21). The number of nitrogens with one attached hydrogen (secondary N) is 1. The van der Waals surface area contributed by atoms with Crippen molar-refractivity contribution in [2.45, 2.75) is 38.2 Å². The van der Waals surface area contributed by atoms with Gasteiger partial charge in [0, 0.05) is 28.6 Å². The Labute approximate surface area is 135 Å².